The van der Waals surface area contributed by atoms with Crippen LogP contribution in [0.2, 0.25) is 0 Å². The molecule has 1 heterocycles. The van der Waals surface area contributed by atoms with Gasteiger partial charge in [-0.1, -0.05) is 17.7 Å². The van der Waals surface area contributed by atoms with Crippen LogP contribution in [0.3, 0.4) is 0 Å². The van der Waals surface area contributed by atoms with Gasteiger partial charge in [-0.2, -0.15) is 0 Å². The van der Waals surface area contributed by atoms with Gasteiger partial charge in [-0.05, 0) is 62.2 Å². The largest absolute Gasteiger partial charge is 0.257 e. The van der Waals surface area contributed by atoms with Crippen LogP contribution >= 0.6 is 11.3 Å². The summed E-state index contributed by atoms with van der Waals surface area (Å²) in [6.45, 7) is 4.24. The molecule has 1 aromatic heterocycles. The molecule has 0 amide bonds. The Morgan fingerprint density at radius 3 is 2.09 bits per heavy atom. The van der Waals surface area contributed by atoms with Gasteiger partial charge in [-0.15, -0.1) is 11.3 Å². The van der Waals surface area contributed by atoms with Crippen LogP contribution < -0.4 is 0 Å². The molecule has 22 heavy (non-hydrogen) atoms. The average molecular weight is 306 g/mol. The van der Waals surface area contributed by atoms with Gasteiger partial charge in [0.25, 0.3) is 0 Å². The van der Waals surface area contributed by atoms with E-state index in [0.29, 0.717) is 0 Å². The van der Waals surface area contributed by atoms with Gasteiger partial charge in [-0.3, -0.25) is 9.98 Å². The van der Waals surface area contributed by atoms with Crippen molar-refractivity contribution in [2.24, 2.45) is 9.98 Å². The van der Waals surface area contributed by atoms with E-state index < -0.39 is 0 Å². The summed E-state index contributed by atoms with van der Waals surface area (Å²) in [7, 11) is 0. The molecule has 110 valence electrons. The summed E-state index contributed by atoms with van der Waals surface area (Å²) in [5.41, 5.74) is 4.54. The second-order valence-electron chi connectivity index (χ2n) is 5.41. The van der Waals surface area contributed by atoms with E-state index in [-0.39, 0.29) is 0 Å². The van der Waals surface area contributed by atoms with Gasteiger partial charge < -0.3 is 0 Å². The summed E-state index contributed by atoms with van der Waals surface area (Å²) in [5.74, 6) is 0. The Labute approximate surface area is 135 Å². The second-order valence-corrected chi connectivity index (χ2v) is 6.73. The van der Waals surface area contributed by atoms with E-state index in [9.17, 15) is 0 Å². The molecule has 1 aliphatic rings. The number of aliphatic imine (C=N–C) groups is 2. The molecule has 0 aliphatic heterocycles. The van der Waals surface area contributed by atoms with Crippen LogP contribution in [0.4, 0.5) is 11.4 Å². The summed E-state index contributed by atoms with van der Waals surface area (Å²) in [5, 5.41) is 0. The fourth-order valence-electron chi connectivity index (χ4n) is 2.22. The Hall–Kier alpha value is -2.26. The number of nitrogens with zero attached hydrogens (tertiary/aromatic N) is 2. The summed E-state index contributed by atoms with van der Waals surface area (Å²) >= 11 is 1.75. The SMILES string of the molecule is CC1=CC=C(C=Nc2ccc(N=Cc3ccc(C)s3)cc2)C1. The number of hydrogen-bond donors (Lipinski definition) is 0. The molecular formula is C19H18N2S. The van der Waals surface area contributed by atoms with Gasteiger partial charge >= 0.3 is 0 Å². The molecule has 0 N–H and O–H groups in total. The van der Waals surface area contributed by atoms with Gasteiger partial charge in [0.2, 0.25) is 0 Å². The van der Waals surface area contributed by atoms with Crippen LogP contribution in [0.15, 0.2) is 69.7 Å². The van der Waals surface area contributed by atoms with E-state index >= 15 is 0 Å². The van der Waals surface area contributed by atoms with E-state index in [1.165, 1.54) is 20.9 Å². The molecule has 0 fully saturated rings. The highest BCUT2D eigenvalue weighted by Crippen LogP contribution is 2.21. The zero-order valence-electron chi connectivity index (χ0n) is 12.8. The quantitative estimate of drug-likeness (QED) is 0.639. The van der Waals surface area contributed by atoms with Crippen molar-refractivity contribution in [2.75, 3.05) is 0 Å². The molecule has 3 rings (SSSR count). The monoisotopic (exact) mass is 306 g/mol. The molecule has 0 unspecified atom stereocenters. The lowest BCUT2D eigenvalue weighted by molar-refractivity contribution is 1.22. The number of benzene rings is 1. The molecular weight excluding hydrogens is 288 g/mol. The summed E-state index contributed by atoms with van der Waals surface area (Å²) in [6, 6.07) is 12.2. The van der Waals surface area contributed by atoms with Crippen molar-refractivity contribution >= 4 is 35.1 Å². The lowest BCUT2D eigenvalue weighted by Crippen LogP contribution is -1.80. The predicted molar refractivity (Wildman–Crippen MR) is 97.4 cm³/mol. The lowest BCUT2D eigenvalue weighted by atomic mass is 10.2. The van der Waals surface area contributed by atoms with Crippen molar-refractivity contribution in [1.82, 2.24) is 0 Å². The molecule has 0 saturated carbocycles. The zero-order chi connectivity index (χ0) is 15.4. The fourth-order valence-corrected chi connectivity index (χ4v) is 2.97. The molecule has 0 atom stereocenters. The van der Waals surface area contributed by atoms with Crippen molar-refractivity contribution in [2.45, 2.75) is 20.3 Å². The summed E-state index contributed by atoms with van der Waals surface area (Å²) in [4.78, 5) is 11.5. The minimum Gasteiger partial charge on any atom is -0.257 e. The summed E-state index contributed by atoms with van der Waals surface area (Å²) in [6.07, 6.45) is 9.13. The summed E-state index contributed by atoms with van der Waals surface area (Å²) < 4.78 is 0. The zero-order valence-corrected chi connectivity index (χ0v) is 13.6. The molecule has 0 saturated heterocycles. The third-order valence-electron chi connectivity index (χ3n) is 3.40. The highest BCUT2D eigenvalue weighted by molar-refractivity contribution is 7.13. The van der Waals surface area contributed by atoms with Gasteiger partial charge in [0.05, 0.1) is 11.4 Å². The van der Waals surface area contributed by atoms with E-state index in [4.69, 9.17) is 0 Å². The number of hydrogen-bond acceptors (Lipinski definition) is 3. The highest BCUT2D eigenvalue weighted by atomic mass is 32.1. The minimum atomic E-state index is 0.947. The van der Waals surface area contributed by atoms with E-state index in [2.05, 4.69) is 48.1 Å². The van der Waals surface area contributed by atoms with Crippen LogP contribution in [-0.2, 0) is 0 Å². The first-order valence-electron chi connectivity index (χ1n) is 7.30. The first-order chi connectivity index (χ1) is 10.7. The number of rotatable bonds is 4. The molecule has 0 radical (unpaired) electrons. The maximum absolute atomic E-state index is 4.51. The van der Waals surface area contributed by atoms with Crippen molar-refractivity contribution < 1.29 is 0 Å². The number of thiophene rings is 1. The minimum absolute atomic E-state index is 0.947. The van der Waals surface area contributed by atoms with Crippen LogP contribution in [0.25, 0.3) is 0 Å². The fraction of sp³-hybridized carbons (Fsp3) is 0.158. The first kappa shape index (κ1) is 14.7. The molecule has 3 heteroatoms. The third-order valence-corrected chi connectivity index (χ3v) is 4.33. The van der Waals surface area contributed by atoms with Gasteiger partial charge in [0.15, 0.2) is 0 Å². The lowest BCUT2D eigenvalue weighted by Gasteiger charge is -1.97. The van der Waals surface area contributed by atoms with Crippen LogP contribution in [0, 0.1) is 6.92 Å². The number of aryl methyl sites for hydroxylation is 1. The number of allylic oxidation sites excluding steroid dienone is 4. The molecule has 1 aromatic carbocycles. The molecule has 0 spiro atoms. The Bertz CT molecular complexity index is 774. The Morgan fingerprint density at radius 1 is 0.864 bits per heavy atom. The van der Waals surface area contributed by atoms with Crippen molar-refractivity contribution in [3.8, 4) is 0 Å². The van der Waals surface area contributed by atoms with E-state index in [1.807, 2.05) is 36.7 Å². The first-order valence-corrected chi connectivity index (χ1v) is 8.12. The van der Waals surface area contributed by atoms with Crippen LogP contribution in [0.5, 0.6) is 0 Å². The second kappa shape index (κ2) is 6.67. The maximum Gasteiger partial charge on any atom is 0.0631 e. The van der Waals surface area contributed by atoms with Crippen LogP contribution in [0.1, 0.15) is 23.1 Å². The molecule has 2 aromatic rings. The van der Waals surface area contributed by atoms with Gasteiger partial charge in [-0.25, -0.2) is 0 Å². The van der Waals surface area contributed by atoms with Gasteiger partial charge in [0, 0.05) is 22.2 Å². The van der Waals surface area contributed by atoms with Crippen LogP contribution in [-0.4, -0.2) is 12.4 Å². The van der Waals surface area contributed by atoms with E-state index in [1.54, 1.807) is 11.3 Å². The normalized spacial score (nSPS) is 14.8. The topological polar surface area (TPSA) is 24.7 Å². The van der Waals surface area contributed by atoms with Gasteiger partial charge in [0.1, 0.15) is 0 Å². The predicted octanol–water partition coefficient (Wildman–Crippen LogP) is 5.79. The smallest absolute Gasteiger partial charge is 0.0631 e. The maximum atomic E-state index is 4.51. The average Bonchev–Trinajstić information content (AvgIpc) is 3.12. The molecule has 0 bridgehead atoms. The highest BCUT2D eigenvalue weighted by Gasteiger charge is 2.01. The Morgan fingerprint density at radius 2 is 1.55 bits per heavy atom. The molecule has 2 nitrogen and oxygen atoms in total. The Kier molecular flexibility index (Phi) is 4.45. The van der Waals surface area contributed by atoms with Crippen molar-refractivity contribution in [1.29, 1.82) is 0 Å². The standard InChI is InChI=1S/C19H18N2S/c1-14-3-5-16(11-14)12-20-17-6-8-18(9-7-17)21-13-19-10-4-15(2)22-19/h3-10,12-13H,11H2,1-2H3. The Balaban J connectivity index is 1.63. The third kappa shape index (κ3) is 3.89. The van der Waals surface area contributed by atoms with E-state index in [0.717, 1.165) is 17.8 Å². The van der Waals surface area contributed by atoms with Crippen molar-refractivity contribution in [3.05, 3.63) is 69.5 Å². The van der Waals surface area contributed by atoms with Crippen molar-refractivity contribution in [3.63, 3.8) is 0 Å². The molecule has 1 aliphatic carbocycles.